The first-order valence-electron chi connectivity index (χ1n) is 7.34. The summed E-state index contributed by atoms with van der Waals surface area (Å²) in [6.07, 6.45) is 0. The molecule has 1 heterocycles. The molecule has 0 amide bonds. The second-order valence-corrected chi connectivity index (χ2v) is 8.60. The molecule has 0 bridgehead atoms. The number of sulfonamides is 1. The Morgan fingerprint density at radius 1 is 1.19 bits per heavy atom. The summed E-state index contributed by atoms with van der Waals surface area (Å²) in [6.45, 7) is 13.4. The molecule has 0 aromatic carbocycles. The Bertz CT molecular complexity index is 542. The van der Waals surface area contributed by atoms with Gasteiger partial charge in [-0.3, -0.25) is 0 Å². The number of hydrogen-bond donors (Lipinski definition) is 2. The third-order valence-electron chi connectivity index (χ3n) is 3.38. The van der Waals surface area contributed by atoms with E-state index in [1.807, 2.05) is 27.7 Å². The summed E-state index contributed by atoms with van der Waals surface area (Å²) in [5, 5.41) is 3.19. The molecule has 1 unspecified atom stereocenters. The molecule has 0 saturated heterocycles. The molecular formula is C15H28N2O3S. The molecule has 2 N–H and O–H groups in total. The Morgan fingerprint density at radius 3 is 2.33 bits per heavy atom. The minimum atomic E-state index is -3.61. The number of nitrogens with one attached hydrogen (secondary N) is 2. The largest absolute Gasteiger partial charge is 0.447 e. The van der Waals surface area contributed by atoms with E-state index < -0.39 is 10.0 Å². The van der Waals surface area contributed by atoms with Crippen LogP contribution in [0.4, 0.5) is 0 Å². The first kappa shape index (κ1) is 18.2. The van der Waals surface area contributed by atoms with Crippen molar-refractivity contribution in [3.63, 3.8) is 0 Å². The molecule has 122 valence electrons. The van der Waals surface area contributed by atoms with Gasteiger partial charge in [0.1, 0.15) is 5.76 Å². The predicted octanol–water partition coefficient (Wildman–Crippen LogP) is 2.74. The lowest BCUT2D eigenvalue weighted by Gasteiger charge is -2.27. The monoisotopic (exact) mass is 316 g/mol. The van der Waals surface area contributed by atoms with Crippen molar-refractivity contribution in [1.82, 2.24) is 10.0 Å². The average molecular weight is 316 g/mol. The molecule has 0 aliphatic heterocycles. The van der Waals surface area contributed by atoms with Gasteiger partial charge in [0.05, 0.1) is 6.54 Å². The SMILES string of the molecule is CC(C)CNCc1ccc(S(=O)(=O)NC(C)C(C)(C)C)o1. The van der Waals surface area contributed by atoms with Crippen molar-refractivity contribution in [2.24, 2.45) is 11.3 Å². The van der Waals surface area contributed by atoms with Gasteiger partial charge in [-0.15, -0.1) is 0 Å². The first-order valence-corrected chi connectivity index (χ1v) is 8.82. The molecule has 0 saturated carbocycles. The lowest BCUT2D eigenvalue weighted by molar-refractivity contribution is 0.313. The molecule has 5 nitrogen and oxygen atoms in total. The minimum absolute atomic E-state index is 0.0278. The maximum absolute atomic E-state index is 12.3. The fraction of sp³-hybridized carbons (Fsp3) is 0.733. The molecule has 21 heavy (non-hydrogen) atoms. The quantitative estimate of drug-likeness (QED) is 0.811. The van der Waals surface area contributed by atoms with Crippen molar-refractivity contribution >= 4 is 10.0 Å². The van der Waals surface area contributed by atoms with Crippen LogP contribution in [0.25, 0.3) is 0 Å². The highest BCUT2D eigenvalue weighted by Gasteiger charge is 2.27. The third-order valence-corrected chi connectivity index (χ3v) is 4.80. The predicted molar refractivity (Wildman–Crippen MR) is 84.5 cm³/mol. The van der Waals surface area contributed by atoms with E-state index >= 15 is 0 Å². The van der Waals surface area contributed by atoms with Crippen LogP contribution in [-0.2, 0) is 16.6 Å². The third kappa shape index (κ3) is 5.80. The lowest BCUT2D eigenvalue weighted by atomic mass is 9.89. The standard InChI is InChI=1S/C15H28N2O3S/c1-11(2)9-16-10-13-7-8-14(20-13)21(18,19)17-12(3)15(4,5)6/h7-8,11-12,16-17H,9-10H2,1-6H3. The van der Waals surface area contributed by atoms with E-state index in [1.165, 1.54) is 6.07 Å². The second-order valence-electron chi connectivity index (χ2n) is 6.95. The maximum Gasteiger partial charge on any atom is 0.274 e. The summed E-state index contributed by atoms with van der Waals surface area (Å²) in [5.74, 6) is 1.16. The summed E-state index contributed by atoms with van der Waals surface area (Å²) >= 11 is 0. The van der Waals surface area contributed by atoms with Crippen molar-refractivity contribution in [3.8, 4) is 0 Å². The van der Waals surface area contributed by atoms with Crippen molar-refractivity contribution in [2.75, 3.05) is 6.54 Å². The van der Waals surface area contributed by atoms with Gasteiger partial charge in [0, 0.05) is 6.04 Å². The summed E-state index contributed by atoms with van der Waals surface area (Å²) < 4.78 is 32.6. The Labute approximate surface area is 128 Å². The summed E-state index contributed by atoms with van der Waals surface area (Å²) in [6, 6.07) is 3.02. The van der Waals surface area contributed by atoms with E-state index in [2.05, 4.69) is 23.9 Å². The molecule has 0 fully saturated rings. The number of furan rings is 1. The van der Waals surface area contributed by atoms with Gasteiger partial charge in [-0.25, -0.2) is 13.1 Å². The molecule has 1 aromatic rings. The van der Waals surface area contributed by atoms with E-state index in [9.17, 15) is 8.42 Å². The van der Waals surface area contributed by atoms with Crippen LogP contribution in [0.1, 0.15) is 47.3 Å². The van der Waals surface area contributed by atoms with Crippen molar-refractivity contribution in [2.45, 2.75) is 59.2 Å². The molecule has 1 aromatic heterocycles. The molecule has 0 spiro atoms. The van der Waals surface area contributed by atoms with Crippen LogP contribution in [0.2, 0.25) is 0 Å². The summed E-state index contributed by atoms with van der Waals surface area (Å²) in [5.41, 5.74) is -0.151. The van der Waals surface area contributed by atoms with Gasteiger partial charge in [-0.1, -0.05) is 34.6 Å². The van der Waals surface area contributed by atoms with Crippen molar-refractivity contribution in [1.29, 1.82) is 0 Å². The minimum Gasteiger partial charge on any atom is -0.447 e. The normalized spacial score (nSPS) is 14.6. The molecule has 0 aliphatic rings. The second kappa shape index (κ2) is 6.94. The van der Waals surface area contributed by atoms with Crippen LogP contribution in [-0.4, -0.2) is 21.0 Å². The number of rotatable bonds is 7. The smallest absolute Gasteiger partial charge is 0.274 e. The molecule has 6 heteroatoms. The van der Waals surface area contributed by atoms with Crippen LogP contribution in [0.3, 0.4) is 0 Å². The van der Waals surface area contributed by atoms with E-state index in [-0.39, 0.29) is 16.5 Å². The highest BCUT2D eigenvalue weighted by atomic mass is 32.2. The van der Waals surface area contributed by atoms with Crippen molar-refractivity contribution in [3.05, 3.63) is 17.9 Å². The molecule has 0 radical (unpaired) electrons. The summed E-state index contributed by atoms with van der Waals surface area (Å²) in [7, 11) is -3.61. The Kier molecular flexibility index (Phi) is 6.01. The van der Waals surface area contributed by atoms with Crippen LogP contribution in [0.5, 0.6) is 0 Å². The van der Waals surface area contributed by atoms with Gasteiger partial charge in [-0.05, 0) is 36.9 Å². The Morgan fingerprint density at radius 2 is 1.81 bits per heavy atom. The van der Waals surface area contributed by atoms with Gasteiger partial charge < -0.3 is 9.73 Å². The Balaban J connectivity index is 2.70. The van der Waals surface area contributed by atoms with Gasteiger partial charge in [-0.2, -0.15) is 0 Å². The van der Waals surface area contributed by atoms with Crippen molar-refractivity contribution < 1.29 is 12.8 Å². The van der Waals surface area contributed by atoms with E-state index in [0.29, 0.717) is 18.2 Å². The summed E-state index contributed by atoms with van der Waals surface area (Å²) in [4.78, 5) is 0. The van der Waals surface area contributed by atoms with Gasteiger partial charge in [0.2, 0.25) is 5.09 Å². The molecule has 0 aliphatic carbocycles. The zero-order valence-corrected chi connectivity index (χ0v) is 14.7. The molecular weight excluding hydrogens is 288 g/mol. The molecule has 1 atom stereocenters. The van der Waals surface area contributed by atoms with Crippen LogP contribution >= 0.6 is 0 Å². The van der Waals surface area contributed by atoms with Gasteiger partial charge >= 0.3 is 0 Å². The van der Waals surface area contributed by atoms with Gasteiger partial charge in [0.25, 0.3) is 10.0 Å². The first-order chi connectivity index (χ1) is 9.52. The average Bonchev–Trinajstić information content (AvgIpc) is 2.76. The van der Waals surface area contributed by atoms with Crippen LogP contribution in [0.15, 0.2) is 21.6 Å². The zero-order valence-electron chi connectivity index (χ0n) is 13.9. The Hall–Kier alpha value is -0.850. The van der Waals surface area contributed by atoms with Gasteiger partial charge in [0.15, 0.2) is 0 Å². The lowest BCUT2D eigenvalue weighted by Crippen LogP contribution is -2.41. The maximum atomic E-state index is 12.3. The fourth-order valence-electron chi connectivity index (χ4n) is 1.55. The van der Waals surface area contributed by atoms with Crippen LogP contribution < -0.4 is 10.0 Å². The highest BCUT2D eigenvalue weighted by molar-refractivity contribution is 7.89. The van der Waals surface area contributed by atoms with E-state index in [4.69, 9.17) is 4.42 Å². The zero-order chi connectivity index (χ0) is 16.3. The van der Waals surface area contributed by atoms with Crippen LogP contribution in [0, 0.1) is 11.3 Å². The molecule has 1 rings (SSSR count). The fourth-order valence-corrected chi connectivity index (χ4v) is 2.95. The topological polar surface area (TPSA) is 71.3 Å². The number of hydrogen-bond acceptors (Lipinski definition) is 4. The van der Waals surface area contributed by atoms with E-state index in [0.717, 1.165) is 6.54 Å². The van der Waals surface area contributed by atoms with E-state index in [1.54, 1.807) is 6.07 Å². The highest BCUT2D eigenvalue weighted by Crippen LogP contribution is 2.21.